The van der Waals surface area contributed by atoms with E-state index in [1.165, 1.54) is 37.7 Å². The molecule has 2 rings (SSSR count). The van der Waals surface area contributed by atoms with Crippen LogP contribution in [0.4, 0.5) is 0 Å². The average molecular weight is 268 g/mol. The van der Waals surface area contributed by atoms with Crippen LogP contribution in [0.25, 0.3) is 0 Å². The van der Waals surface area contributed by atoms with Gasteiger partial charge in [0, 0.05) is 24.2 Å². The zero-order chi connectivity index (χ0) is 12.8. The van der Waals surface area contributed by atoms with E-state index in [9.17, 15) is 5.11 Å². The van der Waals surface area contributed by atoms with Gasteiger partial charge in [0.2, 0.25) is 0 Å². The molecule has 0 atom stereocenters. The van der Waals surface area contributed by atoms with E-state index in [4.69, 9.17) is 11.6 Å². The molecule has 0 saturated heterocycles. The van der Waals surface area contributed by atoms with Gasteiger partial charge < -0.3 is 5.11 Å². The van der Waals surface area contributed by atoms with Crippen molar-refractivity contribution in [2.24, 2.45) is 0 Å². The maximum atomic E-state index is 9.23. The molecule has 0 aromatic heterocycles. The van der Waals surface area contributed by atoms with Crippen LogP contribution in [0.3, 0.4) is 0 Å². The minimum absolute atomic E-state index is 0.240. The molecule has 1 saturated carbocycles. The second-order valence-corrected chi connectivity index (χ2v) is 5.55. The lowest BCUT2D eigenvalue weighted by molar-refractivity contribution is 0.117. The van der Waals surface area contributed by atoms with Gasteiger partial charge in [0.15, 0.2) is 0 Å². The number of aliphatic hydroxyl groups is 1. The molecule has 3 heteroatoms. The molecule has 1 fully saturated rings. The predicted octanol–water partition coefficient (Wildman–Crippen LogP) is 3.47. The smallest absolute Gasteiger partial charge is 0.0558 e. The fourth-order valence-corrected chi connectivity index (χ4v) is 2.92. The molecule has 1 aliphatic rings. The highest BCUT2D eigenvalue weighted by Crippen LogP contribution is 2.24. The molecule has 0 heterocycles. The summed E-state index contributed by atoms with van der Waals surface area (Å²) in [7, 11) is 0. The Morgan fingerprint density at radius 3 is 2.39 bits per heavy atom. The first kappa shape index (κ1) is 13.9. The van der Waals surface area contributed by atoms with Crippen LogP contribution in [0.2, 0.25) is 5.02 Å². The van der Waals surface area contributed by atoms with Gasteiger partial charge in [-0.05, 0) is 30.5 Å². The first-order valence-electron chi connectivity index (χ1n) is 6.89. The number of halogens is 1. The maximum absolute atomic E-state index is 9.23. The molecule has 0 radical (unpaired) electrons. The van der Waals surface area contributed by atoms with Crippen LogP contribution in [-0.2, 0) is 6.54 Å². The lowest BCUT2D eigenvalue weighted by atomic mass is 9.94. The number of nitrogens with zero attached hydrogens (tertiary/aromatic N) is 1. The Hall–Kier alpha value is -0.570. The Bertz CT molecular complexity index is 346. The van der Waals surface area contributed by atoms with Crippen LogP contribution in [0.5, 0.6) is 0 Å². The van der Waals surface area contributed by atoms with Gasteiger partial charge in [-0.25, -0.2) is 0 Å². The Morgan fingerprint density at radius 1 is 1.11 bits per heavy atom. The molecule has 0 spiro atoms. The zero-order valence-corrected chi connectivity index (χ0v) is 11.6. The highest BCUT2D eigenvalue weighted by Gasteiger charge is 2.20. The van der Waals surface area contributed by atoms with Crippen molar-refractivity contribution in [3.05, 3.63) is 34.9 Å². The molecule has 1 aromatic rings. The molecule has 0 amide bonds. The van der Waals surface area contributed by atoms with Gasteiger partial charge in [-0.2, -0.15) is 0 Å². The van der Waals surface area contributed by atoms with E-state index in [0.717, 1.165) is 18.1 Å². The summed E-state index contributed by atoms with van der Waals surface area (Å²) in [4.78, 5) is 2.42. The second kappa shape index (κ2) is 7.13. The number of rotatable bonds is 5. The van der Waals surface area contributed by atoms with Crippen molar-refractivity contribution < 1.29 is 5.11 Å². The molecule has 1 aromatic carbocycles. The molecule has 0 unspecified atom stereocenters. The summed E-state index contributed by atoms with van der Waals surface area (Å²) < 4.78 is 0. The number of hydrogen-bond acceptors (Lipinski definition) is 2. The summed E-state index contributed by atoms with van der Waals surface area (Å²) in [5.74, 6) is 0. The molecular formula is C15H22ClNO. The summed E-state index contributed by atoms with van der Waals surface area (Å²) >= 11 is 5.90. The highest BCUT2D eigenvalue weighted by atomic mass is 35.5. The van der Waals surface area contributed by atoms with Crippen molar-refractivity contribution in [2.45, 2.75) is 44.7 Å². The molecular weight excluding hydrogens is 246 g/mol. The Balaban J connectivity index is 1.98. The van der Waals surface area contributed by atoms with Gasteiger partial charge in [0.1, 0.15) is 0 Å². The van der Waals surface area contributed by atoms with Gasteiger partial charge in [-0.3, -0.25) is 4.90 Å². The summed E-state index contributed by atoms with van der Waals surface area (Å²) in [6.45, 7) is 1.93. The molecule has 1 N–H and O–H groups in total. The Morgan fingerprint density at radius 2 is 1.78 bits per heavy atom. The van der Waals surface area contributed by atoms with Crippen molar-refractivity contribution in [3.8, 4) is 0 Å². The Labute approximate surface area is 115 Å². The molecule has 2 nitrogen and oxygen atoms in total. The minimum Gasteiger partial charge on any atom is -0.395 e. The largest absolute Gasteiger partial charge is 0.395 e. The van der Waals surface area contributed by atoms with Crippen LogP contribution in [0.15, 0.2) is 24.3 Å². The first-order chi connectivity index (χ1) is 8.79. The van der Waals surface area contributed by atoms with Crippen LogP contribution in [0, 0.1) is 0 Å². The summed E-state index contributed by atoms with van der Waals surface area (Å²) in [6.07, 6.45) is 6.56. The third kappa shape index (κ3) is 3.98. The number of hydrogen-bond donors (Lipinski definition) is 1. The molecule has 18 heavy (non-hydrogen) atoms. The molecule has 0 bridgehead atoms. The van der Waals surface area contributed by atoms with Gasteiger partial charge in [-0.15, -0.1) is 0 Å². The fraction of sp³-hybridized carbons (Fsp3) is 0.600. The fourth-order valence-electron chi connectivity index (χ4n) is 2.79. The van der Waals surface area contributed by atoms with Gasteiger partial charge in [-0.1, -0.05) is 43.0 Å². The van der Waals surface area contributed by atoms with Gasteiger partial charge in [0.25, 0.3) is 0 Å². The standard InChI is InChI=1S/C15H22ClNO/c16-14-8-6-13(7-9-14)12-17(10-11-18)15-4-2-1-3-5-15/h6-9,15,18H,1-5,10-12H2. The van der Waals surface area contributed by atoms with E-state index >= 15 is 0 Å². The number of benzene rings is 1. The summed E-state index contributed by atoms with van der Waals surface area (Å²) in [5.41, 5.74) is 1.28. The monoisotopic (exact) mass is 267 g/mol. The first-order valence-corrected chi connectivity index (χ1v) is 7.27. The van der Waals surface area contributed by atoms with E-state index < -0.39 is 0 Å². The number of aliphatic hydroxyl groups excluding tert-OH is 1. The topological polar surface area (TPSA) is 23.5 Å². The summed E-state index contributed by atoms with van der Waals surface area (Å²) in [5, 5.41) is 10.0. The predicted molar refractivity (Wildman–Crippen MR) is 75.8 cm³/mol. The molecule has 100 valence electrons. The van der Waals surface area contributed by atoms with Crippen molar-refractivity contribution >= 4 is 11.6 Å². The van der Waals surface area contributed by atoms with Gasteiger partial charge >= 0.3 is 0 Å². The van der Waals surface area contributed by atoms with E-state index in [2.05, 4.69) is 17.0 Å². The highest BCUT2D eigenvalue weighted by molar-refractivity contribution is 6.30. The van der Waals surface area contributed by atoms with Crippen molar-refractivity contribution in [1.29, 1.82) is 0 Å². The van der Waals surface area contributed by atoms with Crippen molar-refractivity contribution in [2.75, 3.05) is 13.2 Å². The quantitative estimate of drug-likeness (QED) is 0.883. The van der Waals surface area contributed by atoms with E-state index in [1.54, 1.807) is 0 Å². The van der Waals surface area contributed by atoms with E-state index in [1.807, 2.05) is 12.1 Å². The van der Waals surface area contributed by atoms with Crippen molar-refractivity contribution in [3.63, 3.8) is 0 Å². The van der Waals surface area contributed by atoms with Crippen LogP contribution < -0.4 is 0 Å². The average Bonchev–Trinajstić information content (AvgIpc) is 2.42. The zero-order valence-electron chi connectivity index (χ0n) is 10.8. The lowest BCUT2D eigenvalue weighted by Crippen LogP contribution is -2.38. The normalized spacial score (nSPS) is 17.3. The van der Waals surface area contributed by atoms with E-state index in [0.29, 0.717) is 6.04 Å². The third-order valence-electron chi connectivity index (χ3n) is 3.78. The van der Waals surface area contributed by atoms with Crippen molar-refractivity contribution in [1.82, 2.24) is 4.90 Å². The lowest BCUT2D eigenvalue weighted by Gasteiger charge is -2.34. The molecule has 0 aliphatic heterocycles. The second-order valence-electron chi connectivity index (χ2n) is 5.11. The maximum Gasteiger partial charge on any atom is 0.0558 e. The van der Waals surface area contributed by atoms with Crippen LogP contribution in [-0.4, -0.2) is 29.2 Å². The molecule has 1 aliphatic carbocycles. The summed E-state index contributed by atoms with van der Waals surface area (Å²) in [6, 6.07) is 8.68. The van der Waals surface area contributed by atoms with Crippen LogP contribution in [0.1, 0.15) is 37.7 Å². The minimum atomic E-state index is 0.240. The van der Waals surface area contributed by atoms with Crippen LogP contribution >= 0.6 is 11.6 Å². The third-order valence-corrected chi connectivity index (χ3v) is 4.03. The van der Waals surface area contributed by atoms with E-state index in [-0.39, 0.29) is 6.61 Å². The SMILES string of the molecule is OCCN(Cc1ccc(Cl)cc1)C1CCCCC1. The Kier molecular flexibility index (Phi) is 5.48. The van der Waals surface area contributed by atoms with Gasteiger partial charge in [0.05, 0.1) is 6.61 Å².